The van der Waals surface area contributed by atoms with E-state index in [-0.39, 0.29) is 10.8 Å². The summed E-state index contributed by atoms with van der Waals surface area (Å²) >= 11 is 0. The number of aromatic nitrogens is 1. The van der Waals surface area contributed by atoms with Gasteiger partial charge in [0.05, 0.1) is 33.5 Å². The summed E-state index contributed by atoms with van der Waals surface area (Å²) in [4.78, 5) is 2.58. The zero-order chi connectivity index (χ0) is 46.0. The highest BCUT2D eigenvalue weighted by Crippen LogP contribution is 2.62. The molecule has 1 unspecified atom stereocenters. The Kier molecular flexibility index (Phi) is 7.60. The Morgan fingerprint density at radius 1 is 0.348 bits per heavy atom. The zero-order valence-electron chi connectivity index (χ0n) is 39.2. The van der Waals surface area contributed by atoms with Gasteiger partial charge in [0.2, 0.25) is 0 Å². The molecule has 2 heterocycles. The molecule has 0 amide bonds. The summed E-state index contributed by atoms with van der Waals surface area (Å²) in [5.74, 6) is 0. The number of hydrogen-bond acceptors (Lipinski definition) is 1. The summed E-state index contributed by atoms with van der Waals surface area (Å²) in [6, 6.07) is 83.1. The van der Waals surface area contributed by atoms with Crippen LogP contribution in [-0.4, -0.2) is 4.57 Å². The monoisotopic (exact) mass is 880 g/mol. The normalized spacial score (nSPS) is 16.7. The van der Waals surface area contributed by atoms with Crippen molar-refractivity contribution in [3.8, 4) is 50.2 Å². The molecule has 1 spiro atoms. The van der Waals surface area contributed by atoms with Crippen LogP contribution in [0.15, 0.2) is 218 Å². The third-order valence-electron chi connectivity index (χ3n) is 16.8. The molecule has 2 nitrogen and oxygen atoms in total. The minimum absolute atomic E-state index is 0.150. The van der Waals surface area contributed by atoms with Crippen LogP contribution in [0.4, 0.5) is 17.1 Å². The van der Waals surface area contributed by atoms with Crippen molar-refractivity contribution >= 4 is 38.9 Å². The molecule has 2 heteroatoms. The lowest BCUT2D eigenvalue weighted by Crippen LogP contribution is -2.33. The smallest absolute Gasteiger partial charge is 0.0754 e. The van der Waals surface area contributed by atoms with E-state index in [0.29, 0.717) is 0 Å². The number of rotatable bonds is 4. The Morgan fingerprint density at radius 3 is 1.71 bits per heavy atom. The maximum atomic E-state index is 2.58. The summed E-state index contributed by atoms with van der Waals surface area (Å²) in [7, 11) is 0. The first-order valence-electron chi connectivity index (χ1n) is 24.5. The fraction of sp³-hybridized carbons (Fsp3) is 0.104. The molecule has 11 aromatic rings. The summed E-state index contributed by atoms with van der Waals surface area (Å²) in [5.41, 5.74) is 27.4. The van der Waals surface area contributed by atoms with Gasteiger partial charge >= 0.3 is 0 Å². The van der Waals surface area contributed by atoms with Crippen molar-refractivity contribution in [1.29, 1.82) is 0 Å². The molecule has 0 bridgehead atoms. The Labute approximate surface area is 403 Å². The molecule has 10 aromatic carbocycles. The molecule has 1 atom stereocenters. The van der Waals surface area contributed by atoms with Crippen LogP contribution in [0.5, 0.6) is 0 Å². The maximum Gasteiger partial charge on any atom is 0.0754 e. The van der Waals surface area contributed by atoms with Crippen LogP contribution in [0.1, 0.15) is 72.2 Å². The number of fused-ring (bicyclic) bond motifs is 18. The molecular weight excluding hydrogens is 833 g/mol. The van der Waals surface area contributed by atoms with Crippen molar-refractivity contribution in [2.75, 3.05) is 4.90 Å². The third kappa shape index (κ3) is 4.81. The second-order valence-electron chi connectivity index (χ2n) is 20.8. The fourth-order valence-corrected chi connectivity index (χ4v) is 13.8. The Balaban J connectivity index is 1.00. The van der Waals surface area contributed by atoms with Crippen molar-refractivity contribution in [3.63, 3.8) is 0 Å². The second kappa shape index (κ2) is 13.5. The number of anilines is 3. The van der Waals surface area contributed by atoms with Gasteiger partial charge in [-0.15, -0.1) is 0 Å². The molecule has 326 valence electrons. The van der Waals surface area contributed by atoms with Crippen LogP contribution < -0.4 is 4.90 Å². The highest BCUT2D eigenvalue weighted by Gasteiger charge is 2.51. The Morgan fingerprint density at radius 2 is 0.884 bits per heavy atom. The molecule has 0 N–H and O–H groups in total. The summed E-state index contributed by atoms with van der Waals surface area (Å²) in [6.07, 6.45) is 0. The van der Waals surface area contributed by atoms with Crippen LogP contribution in [0.2, 0.25) is 0 Å². The van der Waals surface area contributed by atoms with Crippen molar-refractivity contribution in [1.82, 2.24) is 4.57 Å². The topological polar surface area (TPSA) is 8.17 Å². The lowest BCUT2D eigenvalue weighted by molar-refractivity contribution is 0.660. The van der Waals surface area contributed by atoms with E-state index in [9.17, 15) is 0 Å². The van der Waals surface area contributed by atoms with Gasteiger partial charge in [-0.25, -0.2) is 0 Å². The summed E-state index contributed by atoms with van der Waals surface area (Å²) in [6.45, 7) is 9.55. The molecule has 0 fully saturated rings. The van der Waals surface area contributed by atoms with Crippen molar-refractivity contribution in [2.24, 2.45) is 0 Å². The molecule has 69 heavy (non-hydrogen) atoms. The molecule has 0 saturated carbocycles. The number of para-hydroxylation sites is 4. The molecule has 15 rings (SSSR count). The Bertz CT molecular complexity index is 4050. The van der Waals surface area contributed by atoms with E-state index in [4.69, 9.17) is 0 Å². The molecule has 1 aliphatic heterocycles. The molecule has 0 radical (unpaired) electrons. The van der Waals surface area contributed by atoms with Gasteiger partial charge < -0.3 is 9.47 Å². The van der Waals surface area contributed by atoms with Crippen LogP contribution in [-0.2, 0) is 16.2 Å². The predicted molar refractivity (Wildman–Crippen MR) is 287 cm³/mol. The second-order valence-corrected chi connectivity index (χ2v) is 20.8. The first-order chi connectivity index (χ1) is 33.8. The van der Waals surface area contributed by atoms with Crippen molar-refractivity contribution in [3.05, 3.63) is 263 Å². The number of hydrogen-bond donors (Lipinski definition) is 0. The SMILES string of the molecule is CC1(C)c2ccccc2-c2ccc(N(c3ccccc3-c3ccc4c(c3)C3(c5ccccc5-4)c4ccccc4-n4c5ccccc5c5cccc3c54)c3cccc4c3-c3ccccc3C4(C)C)cc21. The van der Waals surface area contributed by atoms with Gasteiger partial charge in [0.15, 0.2) is 0 Å². The lowest BCUT2D eigenvalue weighted by Gasteiger charge is -2.39. The van der Waals surface area contributed by atoms with E-state index in [0.717, 1.165) is 11.4 Å². The fourth-order valence-electron chi connectivity index (χ4n) is 13.8. The van der Waals surface area contributed by atoms with Crippen LogP contribution in [0, 0.1) is 0 Å². The number of nitrogens with zero attached hydrogens (tertiary/aromatic N) is 2. The minimum atomic E-state index is -0.548. The van der Waals surface area contributed by atoms with Crippen LogP contribution in [0.3, 0.4) is 0 Å². The quantitative estimate of drug-likeness (QED) is 0.171. The standard InChI is InChI=1S/C67H48N2/c1-65(2)52-26-11-7-23-50(52)63-55(65)29-18-34-62(63)68(42-36-38-46-44-20-5-10-25-51(44)66(3,4)57(46)40-42)59-31-14-8-19-43(59)41-35-37-47-45-21-6-12-27-53(45)67(58(47)39-41)54-28-13-16-33-61(54)69-60-32-15-9-22-48(60)49-24-17-30-56(67)64(49)69/h5-40H,1-4H3. The van der Waals surface area contributed by atoms with Gasteiger partial charge in [0.1, 0.15) is 0 Å². The summed E-state index contributed by atoms with van der Waals surface area (Å²) < 4.78 is 2.53. The summed E-state index contributed by atoms with van der Waals surface area (Å²) in [5, 5.41) is 2.58. The van der Waals surface area contributed by atoms with Gasteiger partial charge in [-0.1, -0.05) is 204 Å². The van der Waals surface area contributed by atoms with Gasteiger partial charge in [0.25, 0.3) is 0 Å². The molecule has 3 aliphatic carbocycles. The Hall–Kier alpha value is -8.20. The van der Waals surface area contributed by atoms with E-state index in [1.54, 1.807) is 0 Å². The van der Waals surface area contributed by atoms with Crippen LogP contribution >= 0.6 is 0 Å². The van der Waals surface area contributed by atoms with E-state index in [2.05, 4.69) is 256 Å². The van der Waals surface area contributed by atoms with Gasteiger partial charge in [-0.2, -0.15) is 0 Å². The van der Waals surface area contributed by atoms with E-state index < -0.39 is 5.41 Å². The average Bonchev–Trinajstić information content (AvgIpc) is 4.04. The first kappa shape index (κ1) is 38.9. The van der Waals surface area contributed by atoms with Crippen molar-refractivity contribution < 1.29 is 0 Å². The van der Waals surface area contributed by atoms with Gasteiger partial charge in [0, 0.05) is 38.4 Å². The molecule has 1 aromatic heterocycles. The lowest BCUT2D eigenvalue weighted by atomic mass is 9.65. The molecular formula is C67H48N2. The van der Waals surface area contributed by atoms with Gasteiger partial charge in [-0.05, 0) is 120 Å². The minimum Gasteiger partial charge on any atom is -0.309 e. The van der Waals surface area contributed by atoms with E-state index in [1.807, 2.05) is 0 Å². The predicted octanol–water partition coefficient (Wildman–Crippen LogP) is 17.2. The largest absolute Gasteiger partial charge is 0.309 e. The highest BCUT2D eigenvalue weighted by atomic mass is 15.1. The van der Waals surface area contributed by atoms with Crippen LogP contribution in [0.25, 0.3) is 72.0 Å². The zero-order valence-corrected chi connectivity index (χ0v) is 39.2. The number of benzene rings is 10. The molecule has 4 aliphatic rings. The third-order valence-corrected chi connectivity index (χ3v) is 16.8. The average molecular weight is 881 g/mol. The molecule has 0 saturated heterocycles. The highest BCUT2D eigenvalue weighted by molar-refractivity contribution is 6.13. The van der Waals surface area contributed by atoms with Crippen molar-refractivity contribution in [2.45, 2.75) is 43.9 Å². The van der Waals surface area contributed by atoms with E-state index in [1.165, 1.54) is 122 Å². The maximum absolute atomic E-state index is 2.58. The van der Waals surface area contributed by atoms with E-state index >= 15 is 0 Å². The van der Waals surface area contributed by atoms with Gasteiger partial charge in [-0.3, -0.25) is 0 Å². The first-order valence-corrected chi connectivity index (χ1v) is 24.5.